The SMILES string of the molecule is CC1CC(O)(CCCC(F)(F)F)CN1C. The van der Waals surface area contributed by atoms with E-state index in [0.717, 1.165) is 0 Å². The highest BCUT2D eigenvalue weighted by molar-refractivity contribution is 4.93. The lowest BCUT2D eigenvalue weighted by Crippen LogP contribution is -2.32. The van der Waals surface area contributed by atoms with Crippen LogP contribution in [0.15, 0.2) is 0 Å². The fourth-order valence-corrected chi connectivity index (χ4v) is 2.19. The van der Waals surface area contributed by atoms with Gasteiger partial charge in [-0.15, -0.1) is 0 Å². The van der Waals surface area contributed by atoms with Crippen molar-refractivity contribution in [1.82, 2.24) is 4.90 Å². The standard InChI is InChI=1S/C10H18F3NO/c1-8-6-9(15,7-14(8)2)4-3-5-10(11,12)13/h8,15H,3-7H2,1-2H3. The van der Waals surface area contributed by atoms with Crippen LogP contribution >= 0.6 is 0 Å². The number of aliphatic hydroxyl groups is 1. The van der Waals surface area contributed by atoms with Gasteiger partial charge in [-0.3, -0.25) is 0 Å². The lowest BCUT2D eigenvalue weighted by molar-refractivity contribution is -0.137. The average molecular weight is 225 g/mol. The Labute approximate surface area is 88.1 Å². The smallest absolute Gasteiger partial charge is 0.388 e. The maximum absolute atomic E-state index is 11.9. The molecule has 5 heteroatoms. The molecule has 2 atom stereocenters. The van der Waals surface area contributed by atoms with Crippen LogP contribution in [0.5, 0.6) is 0 Å². The topological polar surface area (TPSA) is 23.5 Å². The van der Waals surface area contributed by atoms with Crippen molar-refractivity contribution < 1.29 is 18.3 Å². The molecule has 0 saturated carbocycles. The summed E-state index contributed by atoms with van der Waals surface area (Å²) in [6, 6.07) is 0.251. The third-order valence-electron chi connectivity index (χ3n) is 3.07. The lowest BCUT2D eigenvalue weighted by atomic mass is 9.94. The normalized spacial score (nSPS) is 33.6. The van der Waals surface area contributed by atoms with Gasteiger partial charge in [0.2, 0.25) is 0 Å². The molecule has 1 aliphatic heterocycles. The van der Waals surface area contributed by atoms with Crippen molar-refractivity contribution >= 4 is 0 Å². The first-order valence-electron chi connectivity index (χ1n) is 5.21. The molecule has 0 aliphatic carbocycles. The molecule has 0 spiro atoms. The maximum Gasteiger partial charge on any atom is 0.389 e. The molecule has 1 aliphatic rings. The monoisotopic (exact) mass is 225 g/mol. The highest BCUT2D eigenvalue weighted by Crippen LogP contribution is 2.32. The van der Waals surface area contributed by atoms with Gasteiger partial charge in [0, 0.05) is 19.0 Å². The van der Waals surface area contributed by atoms with Gasteiger partial charge in [-0.25, -0.2) is 0 Å². The van der Waals surface area contributed by atoms with Crippen molar-refractivity contribution in [3.05, 3.63) is 0 Å². The Bertz CT molecular complexity index is 207. The van der Waals surface area contributed by atoms with E-state index in [-0.39, 0.29) is 18.9 Å². The molecule has 15 heavy (non-hydrogen) atoms. The van der Waals surface area contributed by atoms with Gasteiger partial charge in [-0.2, -0.15) is 13.2 Å². The minimum atomic E-state index is -4.10. The quantitative estimate of drug-likeness (QED) is 0.795. The molecule has 2 unspecified atom stereocenters. The molecular formula is C10H18F3NO. The van der Waals surface area contributed by atoms with Gasteiger partial charge in [0.25, 0.3) is 0 Å². The third-order valence-corrected chi connectivity index (χ3v) is 3.07. The molecular weight excluding hydrogens is 207 g/mol. The van der Waals surface area contributed by atoms with Crippen molar-refractivity contribution in [3.8, 4) is 0 Å². The van der Waals surface area contributed by atoms with Gasteiger partial charge in [-0.1, -0.05) is 0 Å². The molecule has 1 rings (SSSR count). The second-order valence-electron chi connectivity index (χ2n) is 4.66. The van der Waals surface area contributed by atoms with Gasteiger partial charge >= 0.3 is 6.18 Å². The summed E-state index contributed by atoms with van der Waals surface area (Å²) < 4.78 is 35.7. The summed E-state index contributed by atoms with van der Waals surface area (Å²) in [6.45, 7) is 2.45. The summed E-state index contributed by atoms with van der Waals surface area (Å²) in [6.07, 6.45) is -4.08. The molecule has 90 valence electrons. The van der Waals surface area contributed by atoms with Gasteiger partial charge in [-0.05, 0) is 33.2 Å². The highest BCUT2D eigenvalue weighted by atomic mass is 19.4. The number of hydrogen-bond donors (Lipinski definition) is 1. The van der Waals surface area contributed by atoms with E-state index in [0.29, 0.717) is 13.0 Å². The van der Waals surface area contributed by atoms with Crippen LogP contribution in [0.3, 0.4) is 0 Å². The number of β-amino-alcohol motifs (C(OH)–C–C–N with tert-alkyl or cyclic N) is 1. The molecule has 0 radical (unpaired) electrons. The van der Waals surface area contributed by atoms with Crippen molar-refractivity contribution in [2.45, 2.75) is 50.4 Å². The summed E-state index contributed by atoms with van der Waals surface area (Å²) in [7, 11) is 1.88. The van der Waals surface area contributed by atoms with Gasteiger partial charge < -0.3 is 10.0 Å². The summed E-state index contributed by atoms with van der Waals surface area (Å²) in [5, 5.41) is 10.0. The zero-order valence-corrected chi connectivity index (χ0v) is 9.14. The maximum atomic E-state index is 11.9. The molecule has 0 aromatic carbocycles. The lowest BCUT2D eigenvalue weighted by Gasteiger charge is -2.22. The molecule has 0 bridgehead atoms. The first-order chi connectivity index (χ1) is 6.72. The fraction of sp³-hybridized carbons (Fsp3) is 1.00. The number of likely N-dealkylation sites (tertiary alicyclic amines) is 1. The molecule has 1 heterocycles. The van der Waals surface area contributed by atoms with Crippen LogP contribution in [-0.4, -0.2) is 41.4 Å². The highest BCUT2D eigenvalue weighted by Gasteiger charge is 2.39. The van der Waals surface area contributed by atoms with Crippen LogP contribution in [-0.2, 0) is 0 Å². The Kier molecular flexibility index (Phi) is 3.66. The Morgan fingerprint density at radius 3 is 2.47 bits per heavy atom. The first kappa shape index (κ1) is 12.8. The number of nitrogens with zero attached hydrogens (tertiary/aromatic N) is 1. The van der Waals surface area contributed by atoms with E-state index in [4.69, 9.17) is 0 Å². The summed E-state index contributed by atoms with van der Waals surface area (Å²) in [5.74, 6) is 0. The Hall–Kier alpha value is -0.290. The largest absolute Gasteiger partial charge is 0.389 e. The van der Waals surface area contributed by atoms with E-state index in [9.17, 15) is 18.3 Å². The molecule has 0 aromatic rings. The zero-order valence-electron chi connectivity index (χ0n) is 9.14. The van der Waals surface area contributed by atoms with Gasteiger partial charge in [0.1, 0.15) is 0 Å². The van der Waals surface area contributed by atoms with E-state index in [2.05, 4.69) is 0 Å². The zero-order chi connectivity index (χ0) is 11.7. The third kappa shape index (κ3) is 3.99. The minimum absolute atomic E-state index is 0.0144. The Balaban J connectivity index is 2.33. The second kappa shape index (κ2) is 4.29. The molecule has 0 amide bonds. The van der Waals surface area contributed by atoms with Crippen LogP contribution in [0.25, 0.3) is 0 Å². The molecule has 0 aromatic heterocycles. The van der Waals surface area contributed by atoms with Crippen LogP contribution in [0.1, 0.15) is 32.6 Å². The number of halogens is 3. The molecule has 1 N–H and O–H groups in total. The van der Waals surface area contributed by atoms with E-state index in [1.807, 2.05) is 18.9 Å². The molecule has 1 saturated heterocycles. The van der Waals surface area contributed by atoms with E-state index >= 15 is 0 Å². The summed E-state index contributed by atoms with van der Waals surface area (Å²) >= 11 is 0. The van der Waals surface area contributed by atoms with Crippen molar-refractivity contribution in [2.24, 2.45) is 0 Å². The molecule has 2 nitrogen and oxygen atoms in total. The number of rotatable bonds is 3. The van der Waals surface area contributed by atoms with Gasteiger partial charge in [0.05, 0.1) is 5.60 Å². The Morgan fingerprint density at radius 2 is 2.07 bits per heavy atom. The fourth-order valence-electron chi connectivity index (χ4n) is 2.19. The average Bonchev–Trinajstić information content (AvgIpc) is 2.23. The van der Waals surface area contributed by atoms with Crippen LogP contribution in [0.4, 0.5) is 13.2 Å². The van der Waals surface area contributed by atoms with Crippen molar-refractivity contribution in [2.75, 3.05) is 13.6 Å². The number of likely N-dealkylation sites (N-methyl/N-ethyl adjacent to an activating group) is 1. The van der Waals surface area contributed by atoms with Crippen molar-refractivity contribution in [1.29, 1.82) is 0 Å². The van der Waals surface area contributed by atoms with Gasteiger partial charge in [0.15, 0.2) is 0 Å². The van der Waals surface area contributed by atoms with E-state index in [1.54, 1.807) is 0 Å². The second-order valence-corrected chi connectivity index (χ2v) is 4.66. The van der Waals surface area contributed by atoms with Crippen LogP contribution in [0, 0.1) is 0 Å². The molecule has 1 fully saturated rings. The van der Waals surface area contributed by atoms with Crippen LogP contribution < -0.4 is 0 Å². The minimum Gasteiger partial charge on any atom is -0.388 e. The predicted molar refractivity (Wildman–Crippen MR) is 51.6 cm³/mol. The van der Waals surface area contributed by atoms with Crippen molar-refractivity contribution in [3.63, 3.8) is 0 Å². The van der Waals surface area contributed by atoms with E-state index in [1.165, 1.54) is 0 Å². The van der Waals surface area contributed by atoms with Crippen LogP contribution in [0.2, 0.25) is 0 Å². The Morgan fingerprint density at radius 1 is 1.47 bits per heavy atom. The summed E-state index contributed by atoms with van der Waals surface area (Å²) in [4.78, 5) is 1.98. The first-order valence-corrected chi connectivity index (χ1v) is 5.21. The number of hydrogen-bond acceptors (Lipinski definition) is 2. The predicted octanol–water partition coefficient (Wildman–Crippen LogP) is 2.17. The van der Waals surface area contributed by atoms with E-state index < -0.39 is 18.2 Å². The number of alkyl halides is 3. The summed E-state index contributed by atoms with van der Waals surface area (Å²) in [5.41, 5.74) is -0.917.